The predicted molar refractivity (Wildman–Crippen MR) is 119 cm³/mol. The molecule has 1 rings (SSSR count). The minimum absolute atomic E-state index is 0.608. The van der Waals surface area contributed by atoms with Crippen LogP contribution < -0.4 is 0 Å². The zero-order valence-corrected chi connectivity index (χ0v) is 19.4. The molecule has 1 unspecified atom stereocenters. The van der Waals surface area contributed by atoms with Gasteiger partial charge in [-0.3, -0.25) is 9.59 Å². The summed E-state index contributed by atoms with van der Waals surface area (Å²) in [5.74, 6) is -0.809. The first-order valence-electron chi connectivity index (χ1n) is 11.2. The molecule has 0 aromatic carbocycles. The molecule has 0 saturated carbocycles. The van der Waals surface area contributed by atoms with Gasteiger partial charge in [-0.1, -0.05) is 42.9 Å². The van der Waals surface area contributed by atoms with E-state index in [0.29, 0.717) is 5.92 Å². The molecule has 0 spiro atoms. The van der Waals surface area contributed by atoms with Crippen molar-refractivity contribution in [3.8, 4) is 0 Å². The van der Waals surface area contributed by atoms with Gasteiger partial charge in [0.1, 0.15) is 0 Å². The summed E-state index contributed by atoms with van der Waals surface area (Å²) >= 11 is 0. The van der Waals surface area contributed by atoms with Crippen molar-refractivity contribution < 1.29 is 19.8 Å². The molecule has 0 radical (unpaired) electrons. The number of carbonyl (C=O) groups is 2. The third kappa shape index (κ3) is 8.36. The molecule has 4 nitrogen and oxygen atoms in total. The number of allylic oxidation sites excluding steroid dienone is 4. The van der Waals surface area contributed by atoms with Crippen molar-refractivity contribution in [2.75, 3.05) is 0 Å². The highest BCUT2D eigenvalue weighted by Crippen LogP contribution is 2.35. The van der Waals surface area contributed by atoms with Crippen molar-refractivity contribution >= 4 is 11.9 Å². The highest BCUT2D eigenvalue weighted by molar-refractivity contribution is 5.73. The van der Waals surface area contributed by atoms with Crippen LogP contribution in [0.2, 0.25) is 0 Å². The van der Waals surface area contributed by atoms with E-state index in [-0.39, 0.29) is 0 Å². The van der Waals surface area contributed by atoms with Crippen molar-refractivity contribution in [3.63, 3.8) is 0 Å². The van der Waals surface area contributed by atoms with E-state index in [4.69, 9.17) is 0 Å². The molecule has 0 fully saturated rings. The maximum atomic E-state index is 11.2. The minimum atomic E-state index is -0.712. The van der Waals surface area contributed by atoms with Crippen LogP contribution in [0.3, 0.4) is 0 Å². The fourth-order valence-electron chi connectivity index (χ4n) is 4.02. The fourth-order valence-corrected chi connectivity index (χ4v) is 4.02. The zero-order chi connectivity index (χ0) is 22.2. The summed E-state index contributed by atoms with van der Waals surface area (Å²) in [6, 6.07) is 0. The van der Waals surface area contributed by atoms with Crippen molar-refractivity contribution in [1.29, 1.82) is 0 Å². The Morgan fingerprint density at radius 2 is 1.41 bits per heavy atom. The lowest BCUT2D eigenvalue weighted by molar-refractivity contribution is -0.148. The molecule has 2 N–H and O–H groups in total. The average Bonchev–Trinajstić information content (AvgIpc) is 2.61. The summed E-state index contributed by atoms with van der Waals surface area (Å²) in [5, 5.41) is 18.4. The Morgan fingerprint density at radius 3 is 1.93 bits per heavy atom. The van der Waals surface area contributed by atoms with Gasteiger partial charge in [-0.05, 0) is 91.6 Å². The molecule has 1 aliphatic rings. The molecule has 0 bridgehead atoms. The van der Waals surface area contributed by atoms with Crippen LogP contribution in [0.25, 0.3) is 0 Å². The molecule has 4 heteroatoms. The first-order valence-corrected chi connectivity index (χ1v) is 11.2. The van der Waals surface area contributed by atoms with Gasteiger partial charge in [0.25, 0.3) is 0 Å². The van der Waals surface area contributed by atoms with Crippen molar-refractivity contribution in [1.82, 2.24) is 0 Å². The minimum Gasteiger partial charge on any atom is -0.481 e. The molecule has 29 heavy (non-hydrogen) atoms. The molecular weight excluding hydrogens is 364 g/mol. The van der Waals surface area contributed by atoms with Crippen LogP contribution in [-0.2, 0) is 9.59 Å². The van der Waals surface area contributed by atoms with E-state index in [1.54, 1.807) is 13.8 Å². The quantitative estimate of drug-likeness (QED) is 0.323. The molecular formula is C25H42O4. The summed E-state index contributed by atoms with van der Waals surface area (Å²) in [6.07, 6.45) is 12.4. The second-order valence-corrected chi connectivity index (χ2v) is 10.3. The molecule has 1 atom stereocenters. The van der Waals surface area contributed by atoms with E-state index in [1.807, 2.05) is 13.8 Å². The summed E-state index contributed by atoms with van der Waals surface area (Å²) in [5.41, 5.74) is 3.13. The Labute approximate surface area is 177 Å². The Balaban J connectivity index is 2.37. The smallest absolute Gasteiger partial charge is 0.309 e. The van der Waals surface area contributed by atoms with E-state index in [9.17, 15) is 19.8 Å². The number of carboxylic acid groups (broad SMARTS) is 2. The second-order valence-electron chi connectivity index (χ2n) is 10.3. The molecule has 0 heterocycles. The van der Waals surface area contributed by atoms with Crippen LogP contribution in [0.4, 0.5) is 0 Å². The normalized spacial score (nSPS) is 18.0. The summed E-state index contributed by atoms with van der Waals surface area (Å²) in [4.78, 5) is 22.4. The Morgan fingerprint density at radius 1 is 0.897 bits per heavy atom. The van der Waals surface area contributed by atoms with Gasteiger partial charge in [-0.2, -0.15) is 0 Å². The average molecular weight is 407 g/mol. The number of unbranched alkanes of at least 4 members (excludes halogenated alkanes) is 3. The second kappa shape index (κ2) is 11.0. The van der Waals surface area contributed by atoms with Gasteiger partial charge in [0.2, 0.25) is 0 Å². The molecule has 0 aromatic heterocycles. The number of carboxylic acids is 2. The molecule has 0 saturated heterocycles. The number of rotatable bonds is 13. The SMILES string of the molecule is CC1=CC(CCCCC(C)(C)C(=O)O)=C(C)CC1CCCCCC(C)(C)C(=O)O. The monoisotopic (exact) mass is 406 g/mol. The van der Waals surface area contributed by atoms with E-state index in [0.717, 1.165) is 57.8 Å². The number of hydrogen-bond donors (Lipinski definition) is 2. The maximum Gasteiger partial charge on any atom is 0.309 e. The zero-order valence-electron chi connectivity index (χ0n) is 19.4. The number of hydrogen-bond acceptors (Lipinski definition) is 2. The maximum absolute atomic E-state index is 11.2. The molecule has 0 aromatic rings. The van der Waals surface area contributed by atoms with Crippen molar-refractivity contribution in [2.24, 2.45) is 16.7 Å². The predicted octanol–water partition coefficient (Wildman–Crippen LogP) is 7.00. The van der Waals surface area contributed by atoms with Crippen LogP contribution in [0.5, 0.6) is 0 Å². The first-order chi connectivity index (χ1) is 13.4. The first kappa shape index (κ1) is 25.5. The van der Waals surface area contributed by atoms with E-state index < -0.39 is 22.8 Å². The van der Waals surface area contributed by atoms with E-state index in [1.165, 1.54) is 23.1 Å². The van der Waals surface area contributed by atoms with Crippen molar-refractivity contribution in [3.05, 3.63) is 22.8 Å². The highest BCUT2D eigenvalue weighted by Gasteiger charge is 2.27. The van der Waals surface area contributed by atoms with Crippen LogP contribution in [-0.4, -0.2) is 22.2 Å². The third-order valence-electron chi connectivity index (χ3n) is 6.66. The summed E-state index contributed by atoms with van der Waals surface area (Å²) < 4.78 is 0. The van der Waals surface area contributed by atoms with Gasteiger partial charge < -0.3 is 10.2 Å². The van der Waals surface area contributed by atoms with E-state index >= 15 is 0 Å². The Kier molecular flexibility index (Phi) is 9.64. The Bertz CT molecular complexity index is 637. The Hall–Kier alpha value is -1.58. The van der Waals surface area contributed by atoms with E-state index in [2.05, 4.69) is 19.9 Å². The molecule has 166 valence electrons. The van der Waals surface area contributed by atoms with Crippen molar-refractivity contribution in [2.45, 2.75) is 106 Å². The van der Waals surface area contributed by atoms with Gasteiger partial charge >= 0.3 is 11.9 Å². The molecule has 1 aliphatic carbocycles. The summed E-state index contributed by atoms with van der Waals surface area (Å²) in [6.45, 7) is 11.7. The molecule has 0 aliphatic heterocycles. The van der Waals surface area contributed by atoms with Crippen LogP contribution in [0.15, 0.2) is 22.8 Å². The highest BCUT2D eigenvalue weighted by atomic mass is 16.4. The summed E-state index contributed by atoms with van der Waals surface area (Å²) in [7, 11) is 0. The van der Waals surface area contributed by atoms with Gasteiger partial charge in [0.05, 0.1) is 10.8 Å². The van der Waals surface area contributed by atoms with Crippen LogP contribution in [0.1, 0.15) is 106 Å². The van der Waals surface area contributed by atoms with Gasteiger partial charge in [-0.25, -0.2) is 0 Å². The topological polar surface area (TPSA) is 74.6 Å². The standard InChI is InChI=1S/C25H42O4/c1-18-17-21(13-9-11-15-25(5,6)23(28)29)19(2)16-20(18)12-8-7-10-14-24(3,4)22(26)27/h17,20H,7-16H2,1-6H3,(H,26,27)(H,28,29). The van der Waals surface area contributed by atoms with Crippen LogP contribution >= 0.6 is 0 Å². The lowest BCUT2D eigenvalue weighted by Crippen LogP contribution is -2.23. The largest absolute Gasteiger partial charge is 0.481 e. The lowest BCUT2D eigenvalue weighted by atomic mass is 9.80. The van der Waals surface area contributed by atoms with Gasteiger partial charge in [-0.15, -0.1) is 0 Å². The molecule has 0 amide bonds. The number of aliphatic carboxylic acids is 2. The van der Waals surface area contributed by atoms with Gasteiger partial charge in [0.15, 0.2) is 0 Å². The van der Waals surface area contributed by atoms with Gasteiger partial charge in [0, 0.05) is 0 Å². The third-order valence-corrected chi connectivity index (χ3v) is 6.66. The van der Waals surface area contributed by atoms with Crippen LogP contribution in [0, 0.1) is 16.7 Å². The fraction of sp³-hybridized carbons (Fsp3) is 0.760. The lowest BCUT2D eigenvalue weighted by Gasteiger charge is -2.26.